The van der Waals surface area contributed by atoms with E-state index in [0.717, 1.165) is 0 Å². The minimum atomic E-state index is -0.805. The fourth-order valence-corrected chi connectivity index (χ4v) is 8.37. The number of carbonyl (C=O) groups excluding carboxylic acids is 6. The SMILES string of the molecule is COC(=O)[C@@H]1C2C(CN1C(=O)[C@@H](NC(=O)NC(C)(C)C)C(C)(C)C)C2(C)C.COC(=O)[C@@H]1C2C(CN1C(=O)[C@@H](NC(=O)OC(C)(C)C)C(C)(C)C)C2(C)C. The van der Waals surface area contributed by atoms with Crippen LogP contribution in [0.5, 0.6) is 0 Å². The number of alkyl carbamates (subject to hydrolysis) is 1. The lowest BCUT2D eigenvalue weighted by Gasteiger charge is -2.37. The van der Waals surface area contributed by atoms with E-state index in [2.05, 4.69) is 43.6 Å². The number of amides is 5. The number of piperidine rings is 2. The number of carbonyl (C=O) groups is 6. The Bertz CT molecular complexity index is 1370. The quantitative estimate of drug-likeness (QED) is 0.255. The van der Waals surface area contributed by atoms with Gasteiger partial charge in [0.05, 0.1) is 14.2 Å². The van der Waals surface area contributed by atoms with Crippen molar-refractivity contribution in [2.75, 3.05) is 27.3 Å². The van der Waals surface area contributed by atoms with Crippen LogP contribution in [0.25, 0.3) is 0 Å². The first-order valence-corrected chi connectivity index (χ1v) is 19.1. The zero-order chi connectivity index (χ0) is 41.9. The molecule has 3 N–H and O–H groups in total. The number of fused-ring (bicyclic) bond motifs is 2. The number of rotatable bonds is 6. The molecule has 0 aromatic carbocycles. The van der Waals surface area contributed by atoms with Crippen LogP contribution in [0.3, 0.4) is 0 Å². The van der Waals surface area contributed by atoms with Crippen LogP contribution in [0.2, 0.25) is 0 Å². The molecule has 5 amide bonds. The Labute approximate surface area is 322 Å². The maximum Gasteiger partial charge on any atom is 0.408 e. The van der Waals surface area contributed by atoms with E-state index in [1.807, 2.05) is 62.3 Å². The molecule has 54 heavy (non-hydrogen) atoms. The van der Waals surface area contributed by atoms with Crippen LogP contribution in [0.15, 0.2) is 0 Å². The third-order valence-corrected chi connectivity index (χ3v) is 11.5. The molecule has 4 rings (SSSR count). The highest BCUT2D eigenvalue weighted by atomic mass is 16.6. The Morgan fingerprint density at radius 3 is 1.26 bits per heavy atom. The Kier molecular flexibility index (Phi) is 12.3. The van der Waals surface area contributed by atoms with Gasteiger partial charge in [-0.3, -0.25) is 9.59 Å². The van der Waals surface area contributed by atoms with E-state index >= 15 is 0 Å². The molecule has 4 aliphatic rings. The second-order valence-corrected chi connectivity index (χ2v) is 20.9. The van der Waals surface area contributed by atoms with Gasteiger partial charge in [-0.15, -0.1) is 0 Å². The maximum atomic E-state index is 13.4. The predicted octanol–water partition coefficient (Wildman–Crippen LogP) is 4.74. The molecular weight excluding hydrogens is 694 g/mol. The van der Waals surface area contributed by atoms with Gasteiger partial charge in [-0.1, -0.05) is 69.2 Å². The standard InChI is InChI=1S/C20H35N3O4.C20H34N2O5/c1-18(2,3)14(21-17(26)22-19(4,5)6)15(24)23-10-11-12(20(11,7)8)13(23)16(25)27-9;1-18(2,3)14(21-17(25)27-19(4,5)6)15(23)22-10-11-12(20(11,7)8)13(22)16(24)26-9/h11-14H,10H2,1-9H3,(H2,21,22,26);11-14H,10H2,1-9H3,(H,21,25)/t2*11?,12?,13-,14+/m00/s1. The summed E-state index contributed by atoms with van der Waals surface area (Å²) in [4.78, 5) is 79.4. The number of hydrogen-bond donors (Lipinski definition) is 3. The predicted molar refractivity (Wildman–Crippen MR) is 204 cm³/mol. The summed E-state index contributed by atoms with van der Waals surface area (Å²) in [6, 6.07) is -3.13. The number of esters is 2. The molecule has 4 unspecified atom stereocenters. The van der Waals surface area contributed by atoms with Gasteiger partial charge in [0.1, 0.15) is 29.8 Å². The highest BCUT2D eigenvalue weighted by Gasteiger charge is 2.71. The molecule has 2 saturated carbocycles. The minimum absolute atomic E-state index is 0.0193. The van der Waals surface area contributed by atoms with Crippen molar-refractivity contribution < 1.29 is 43.0 Å². The summed E-state index contributed by atoms with van der Waals surface area (Å²) in [6.45, 7) is 31.8. The third kappa shape index (κ3) is 9.61. The molecule has 0 aromatic heterocycles. The monoisotopic (exact) mass is 764 g/mol. The lowest BCUT2D eigenvalue weighted by molar-refractivity contribution is -0.154. The van der Waals surface area contributed by atoms with Crippen molar-refractivity contribution in [3.05, 3.63) is 0 Å². The van der Waals surface area contributed by atoms with E-state index in [0.29, 0.717) is 13.1 Å². The fraction of sp³-hybridized carbons (Fsp3) is 0.850. The highest BCUT2D eigenvalue weighted by molar-refractivity contribution is 5.93. The van der Waals surface area contributed by atoms with Crippen LogP contribution in [-0.2, 0) is 33.4 Å². The van der Waals surface area contributed by atoms with Crippen LogP contribution >= 0.6 is 0 Å². The highest BCUT2D eigenvalue weighted by Crippen LogP contribution is 2.66. The van der Waals surface area contributed by atoms with Crippen molar-refractivity contribution in [3.8, 4) is 0 Å². The zero-order valence-corrected chi connectivity index (χ0v) is 36.1. The van der Waals surface area contributed by atoms with Crippen LogP contribution in [0.1, 0.15) is 111 Å². The van der Waals surface area contributed by atoms with Crippen molar-refractivity contribution >= 4 is 35.9 Å². The van der Waals surface area contributed by atoms with Gasteiger partial charge in [-0.05, 0) is 75.0 Å². The Balaban J connectivity index is 0.000000290. The van der Waals surface area contributed by atoms with E-state index in [-0.39, 0.29) is 52.3 Å². The van der Waals surface area contributed by atoms with Crippen LogP contribution < -0.4 is 16.0 Å². The van der Waals surface area contributed by atoms with E-state index in [1.165, 1.54) is 14.2 Å². The van der Waals surface area contributed by atoms with Crippen LogP contribution in [0.4, 0.5) is 9.59 Å². The minimum Gasteiger partial charge on any atom is -0.467 e. The van der Waals surface area contributed by atoms with Gasteiger partial charge in [-0.25, -0.2) is 19.2 Å². The fourth-order valence-electron chi connectivity index (χ4n) is 8.37. The van der Waals surface area contributed by atoms with E-state index < -0.39 is 64.2 Å². The molecule has 308 valence electrons. The smallest absolute Gasteiger partial charge is 0.408 e. The van der Waals surface area contributed by atoms with Gasteiger partial charge in [-0.2, -0.15) is 0 Å². The molecule has 0 bridgehead atoms. The summed E-state index contributed by atoms with van der Waals surface area (Å²) in [7, 11) is 2.69. The Hall–Kier alpha value is -3.58. The largest absolute Gasteiger partial charge is 0.467 e. The van der Waals surface area contributed by atoms with Gasteiger partial charge in [0.25, 0.3) is 0 Å². The summed E-state index contributed by atoms with van der Waals surface area (Å²) in [6.07, 6.45) is -0.643. The lowest BCUT2D eigenvalue weighted by atomic mass is 9.85. The maximum absolute atomic E-state index is 13.4. The number of likely N-dealkylation sites (tertiary alicyclic amines) is 2. The number of nitrogens with one attached hydrogen (secondary N) is 3. The number of hydrogen-bond acceptors (Lipinski definition) is 9. The number of methoxy groups -OCH3 is 2. The summed E-state index contributed by atoms with van der Waals surface area (Å²) >= 11 is 0. The first-order chi connectivity index (χ1) is 24.2. The first kappa shape index (κ1) is 44.8. The molecule has 2 heterocycles. The van der Waals surface area contributed by atoms with Gasteiger partial charge < -0.3 is 40.0 Å². The normalized spacial score (nSPS) is 27.4. The Morgan fingerprint density at radius 1 is 0.611 bits per heavy atom. The van der Waals surface area contributed by atoms with Gasteiger partial charge in [0, 0.05) is 30.5 Å². The second kappa shape index (κ2) is 14.8. The van der Waals surface area contributed by atoms with Gasteiger partial charge in [0.2, 0.25) is 11.8 Å². The number of ether oxygens (including phenoxy) is 3. The van der Waals surface area contributed by atoms with Crippen molar-refractivity contribution in [3.63, 3.8) is 0 Å². The van der Waals surface area contributed by atoms with Crippen LogP contribution in [0, 0.1) is 45.3 Å². The second-order valence-electron chi connectivity index (χ2n) is 20.9. The number of urea groups is 1. The summed E-state index contributed by atoms with van der Waals surface area (Å²) in [5, 5.41) is 8.37. The van der Waals surface area contributed by atoms with Crippen molar-refractivity contribution in [2.24, 2.45) is 45.3 Å². The number of nitrogens with zero attached hydrogens (tertiary/aromatic N) is 2. The topological polar surface area (TPSA) is 173 Å². The molecule has 0 spiro atoms. The summed E-state index contributed by atoms with van der Waals surface area (Å²) in [5.74, 6) is -0.521. The molecule has 14 nitrogen and oxygen atoms in total. The van der Waals surface area contributed by atoms with Crippen molar-refractivity contribution in [2.45, 2.75) is 146 Å². The first-order valence-electron chi connectivity index (χ1n) is 19.1. The zero-order valence-electron chi connectivity index (χ0n) is 36.1. The molecular formula is C40H69N5O9. The molecule has 0 aromatic rings. The average Bonchev–Trinajstić information content (AvgIpc) is 3.46. The van der Waals surface area contributed by atoms with E-state index in [1.54, 1.807) is 30.6 Å². The molecule has 4 fully saturated rings. The van der Waals surface area contributed by atoms with Crippen molar-refractivity contribution in [1.82, 2.24) is 25.8 Å². The lowest BCUT2D eigenvalue weighted by Crippen LogP contribution is -2.60. The van der Waals surface area contributed by atoms with E-state index in [9.17, 15) is 28.8 Å². The molecule has 0 radical (unpaired) electrons. The average molecular weight is 764 g/mol. The molecule has 8 atom stereocenters. The third-order valence-electron chi connectivity index (χ3n) is 11.5. The van der Waals surface area contributed by atoms with Gasteiger partial charge >= 0.3 is 24.1 Å². The van der Waals surface area contributed by atoms with E-state index in [4.69, 9.17) is 14.2 Å². The molecule has 14 heteroatoms. The summed E-state index contributed by atoms with van der Waals surface area (Å²) < 4.78 is 15.3. The van der Waals surface area contributed by atoms with Gasteiger partial charge in [0.15, 0.2) is 0 Å². The van der Waals surface area contributed by atoms with Crippen LogP contribution in [-0.4, -0.2) is 108 Å². The summed E-state index contributed by atoms with van der Waals surface area (Å²) in [5.41, 5.74) is -2.07. The van der Waals surface area contributed by atoms with Crippen molar-refractivity contribution in [1.29, 1.82) is 0 Å². The molecule has 2 aliphatic carbocycles. The molecule has 2 saturated heterocycles. The Morgan fingerprint density at radius 2 is 0.963 bits per heavy atom. The molecule has 2 aliphatic heterocycles.